The number of fused-ring (bicyclic) bond motifs is 1. The van der Waals surface area contributed by atoms with Crippen molar-refractivity contribution in [3.05, 3.63) is 64.0 Å². The molecule has 0 N–H and O–H groups in total. The zero-order valence-electron chi connectivity index (χ0n) is 15.5. The summed E-state index contributed by atoms with van der Waals surface area (Å²) in [5.41, 5.74) is 1.27. The molecule has 3 aromatic rings. The van der Waals surface area contributed by atoms with Gasteiger partial charge in [-0.3, -0.25) is 9.69 Å². The normalized spacial score (nSPS) is 16.6. The van der Waals surface area contributed by atoms with E-state index in [1.807, 2.05) is 35.7 Å². The third kappa shape index (κ3) is 4.00. The first-order chi connectivity index (χ1) is 13.8. The maximum Gasteiger partial charge on any atom is 0.410 e. The Kier molecular flexibility index (Phi) is 5.08. The Hall–Kier alpha value is -2.81. The number of hydrogen-bond donors (Lipinski definition) is 0. The van der Waals surface area contributed by atoms with E-state index in [1.54, 1.807) is 13.0 Å². The molecule has 2 aromatic heterocycles. The molecule has 1 aliphatic rings. The minimum Gasteiger partial charge on any atom is -0.489 e. The van der Waals surface area contributed by atoms with Crippen LogP contribution in [0.4, 0.5) is 19.0 Å². The number of thiophene rings is 1. The maximum atomic E-state index is 13.3. The van der Waals surface area contributed by atoms with Gasteiger partial charge >= 0.3 is 6.18 Å². The maximum absolute atomic E-state index is 13.3. The zero-order chi connectivity index (χ0) is 20.6. The topological polar surface area (TPSA) is 47.4 Å². The van der Waals surface area contributed by atoms with Crippen LogP contribution in [0.3, 0.4) is 0 Å². The molecule has 1 aromatic carbocycles. The number of amides is 1. The van der Waals surface area contributed by atoms with Crippen LogP contribution in [0.15, 0.2) is 47.8 Å². The molecule has 3 heterocycles. The number of benzene rings is 1. The highest BCUT2D eigenvalue weighted by atomic mass is 32.1. The van der Waals surface area contributed by atoms with Crippen molar-refractivity contribution in [2.24, 2.45) is 0 Å². The van der Waals surface area contributed by atoms with Gasteiger partial charge in [-0.05, 0) is 36.9 Å². The van der Waals surface area contributed by atoms with E-state index in [4.69, 9.17) is 4.74 Å². The number of para-hydroxylation sites is 1. The Balaban J connectivity index is 1.52. The van der Waals surface area contributed by atoms with Crippen LogP contribution in [0.25, 0.3) is 0 Å². The van der Waals surface area contributed by atoms with Crippen molar-refractivity contribution < 1.29 is 22.7 Å². The largest absolute Gasteiger partial charge is 0.489 e. The summed E-state index contributed by atoms with van der Waals surface area (Å²) in [6.45, 7) is 1.91. The lowest BCUT2D eigenvalue weighted by Gasteiger charge is -2.33. The van der Waals surface area contributed by atoms with Crippen molar-refractivity contribution in [1.29, 1.82) is 0 Å². The number of carbonyl (C=O) groups excluding carboxylic acids is 1. The molecule has 1 unspecified atom stereocenters. The summed E-state index contributed by atoms with van der Waals surface area (Å²) in [6, 6.07) is 10.8. The van der Waals surface area contributed by atoms with Gasteiger partial charge in [-0.1, -0.05) is 18.2 Å². The lowest BCUT2D eigenvalue weighted by atomic mass is 10.1. The van der Waals surface area contributed by atoms with Crippen LogP contribution in [-0.4, -0.2) is 28.4 Å². The Morgan fingerprint density at radius 3 is 2.76 bits per heavy atom. The number of halogens is 3. The van der Waals surface area contributed by atoms with Crippen molar-refractivity contribution >= 4 is 23.1 Å². The fraction of sp³-hybridized carbons (Fsp3) is 0.300. The summed E-state index contributed by atoms with van der Waals surface area (Å²) in [5.74, 6) is 0.569. The average Bonchev–Trinajstić information content (AvgIpc) is 3.31. The van der Waals surface area contributed by atoms with Gasteiger partial charge in [0.1, 0.15) is 18.2 Å². The summed E-state index contributed by atoms with van der Waals surface area (Å²) in [5, 5.41) is 5.80. The molecule has 0 saturated heterocycles. The highest BCUT2D eigenvalue weighted by Crippen LogP contribution is 2.40. The molecule has 0 radical (unpaired) electrons. The van der Waals surface area contributed by atoms with Gasteiger partial charge in [0.15, 0.2) is 6.04 Å². The number of anilines is 1. The zero-order valence-corrected chi connectivity index (χ0v) is 16.3. The molecule has 4 rings (SSSR count). The van der Waals surface area contributed by atoms with Gasteiger partial charge in [0.05, 0.1) is 10.6 Å². The predicted octanol–water partition coefficient (Wildman–Crippen LogP) is 4.99. The molecule has 0 spiro atoms. The number of rotatable bonds is 4. The smallest absolute Gasteiger partial charge is 0.410 e. The second-order valence-electron chi connectivity index (χ2n) is 6.81. The van der Waals surface area contributed by atoms with E-state index in [1.165, 1.54) is 22.3 Å². The van der Waals surface area contributed by atoms with Crippen molar-refractivity contribution in [2.45, 2.75) is 32.2 Å². The molecule has 29 heavy (non-hydrogen) atoms. The van der Waals surface area contributed by atoms with Gasteiger partial charge in [-0.2, -0.15) is 18.3 Å². The molecular weight excluding hydrogens is 403 g/mol. The standard InChI is InChI=1S/C20H18F3N3O2S/c1-13-9-18-25(8-7-17(20(21,22)23)26(18)24-13)19(27)16-10-14(12-29-16)11-28-15-5-3-2-4-6-15/h2-6,9-10,12,17H,7-8,11H2,1H3. The fourth-order valence-corrected chi connectivity index (χ4v) is 4.15. The van der Waals surface area contributed by atoms with Crippen LogP contribution in [0, 0.1) is 6.92 Å². The summed E-state index contributed by atoms with van der Waals surface area (Å²) >= 11 is 1.25. The molecular formula is C20H18F3N3O2S. The van der Waals surface area contributed by atoms with Crippen molar-refractivity contribution in [3.63, 3.8) is 0 Å². The molecule has 9 heteroatoms. The quantitative estimate of drug-likeness (QED) is 0.597. The van der Waals surface area contributed by atoms with Crippen molar-refractivity contribution in [1.82, 2.24) is 9.78 Å². The van der Waals surface area contributed by atoms with Crippen LogP contribution >= 0.6 is 11.3 Å². The highest BCUT2D eigenvalue weighted by molar-refractivity contribution is 7.12. The lowest BCUT2D eigenvalue weighted by Crippen LogP contribution is -2.42. The van der Waals surface area contributed by atoms with E-state index in [0.29, 0.717) is 17.2 Å². The SMILES string of the molecule is Cc1cc2n(n1)C(C(F)(F)F)CCN2C(=O)c1cc(COc2ccccc2)cs1. The molecule has 1 aliphatic heterocycles. The number of alkyl halides is 3. The number of carbonyl (C=O) groups is 1. The van der Waals surface area contributed by atoms with E-state index in [0.717, 1.165) is 16.0 Å². The van der Waals surface area contributed by atoms with E-state index >= 15 is 0 Å². The molecule has 5 nitrogen and oxygen atoms in total. The summed E-state index contributed by atoms with van der Waals surface area (Å²) < 4.78 is 46.6. The molecule has 0 saturated carbocycles. The van der Waals surface area contributed by atoms with E-state index in [9.17, 15) is 18.0 Å². The monoisotopic (exact) mass is 421 g/mol. The fourth-order valence-electron chi connectivity index (χ4n) is 3.31. The second-order valence-corrected chi connectivity index (χ2v) is 7.72. The molecule has 1 atom stereocenters. The van der Waals surface area contributed by atoms with E-state index in [2.05, 4.69) is 5.10 Å². The minimum atomic E-state index is -4.41. The first kappa shape index (κ1) is 19.5. The lowest BCUT2D eigenvalue weighted by molar-refractivity contribution is -0.172. The van der Waals surface area contributed by atoms with E-state index < -0.39 is 12.2 Å². The Morgan fingerprint density at radius 2 is 2.03 bits per heavy atom. The Bertz CT molecular complexity index is 1010. The molecule has 0 bridgehead atoms. The number of aryl methyl sites for hydroxylation is 1. The second kappa shape index (κ2) is 7.55. The van der Waals surface area contributed by atoms with Gasteiger partial charge in [0, 0.05) is 18.2 Å². The first-order valence-corrected chi connectivity index (χ1v) is 9.91. The van der Waals surface area contributed by atoms with Gasteiger partial charge < -0.3 is 4.74 Å². The van der Waals surface area contributed by atoms with Crippen molar-refractivity contribution in [3.8, 4) is 5.75 Å². The van der Waals surface area contributed by atoms with Crippen molar-refractivity contribution in [2.75, 3.05) is 11.4 Å². The predicted molar refractivity (Wildman–Crippen MR) is 103 cm³/mol. The van der Waals surface area contributed by atoms with Crippen LogP contribution in [0.5, 0.6) is 5.75 Å². The van der Waals surface area contributed by atoms with Gasteiger partial charge in [0.2, 0.25) is 0 Å². The molecule has 152 valence electrons. The Labute approximate surface area is 169 Å². The summed E-state index contributed by atoms with van der Waals surface area (Å²) in [7, 11) is 0. The Morgan fingerprint density at radius 1 is 1.28 bits per heavy atom. The summed E-state index contributed by atoms with van der Waals surface area (Å²) in [4.78, 5) is 14.8. The number of ether oxygens (including phenoxy) is 1. The third-order valence-corrected chi connectivity index (χ3v) is 5.64. The van der Waals surface area contributed by atoms with Crippen LogP contribution in [0.1, 0.15) is 33.4 Å². The summed E-state index contributed by atoms with van der Waals surface area (Å²) in [6.07, 6.45) is -4.63. The molecule has 0 aliphatic carbocycles. The first-order valence-electron chi connectivity index (χ1n) is 9.03. The average molecular weight is 421 g/mol. The van der Waals surface area contributed by atoms with E-state index in [-0.39, 0.29) is 24.7 Å². The number of hydrogen-bond acceptors (Lipinski definition) is 4. The third-order valence-electron chi connectivity index (χ3n) is 4.67. The molecule has 0 fully saturated rings. The van der Waals surface area contributed by atoms with Crippen LogP contribution in [0.2, 0.25) is 0 Å². The van der Waals surface area contributed by atoms with Gasteiger partial charge in [0.25, 0.3) is 5.91 Å². The van der Waals surface area contributed by atoms with Crippen LogP contribution < -0.4 is 9.64 Å². The molecule has 1 amide bonds. The number of aromatic nitrogens is 2. The highest BCUT2D eigenvalue weighted by Gasteiger charge is 2.46. The van der Waals surface area contributed by atoms with Gasteiger partial charge in [-0.25, -0.2) is 4.68 Å². The number of nitrogens with zero attached hydrogens (tertiary/aromatic N) is 3. The minimum absolute atomic E-state index is 0.0120. The van der Waals surface area contributed by atoms with Crippen LogP contribution in [-0.2, 0) is 6.61 Å². The van der Waals surface area contributed by atoms with Gasteiger partial charge in [-0.15, -0.1) is 11.3 Å².